The zero-order chi connectivity index (χ0) is 34.3. The molecule has 1 saturated heterocycles. The lowest BCUT2D eigenvalue weighted by Gasteiger charge is -2.49. The van der Waals surface area contributed by atoms with E-state index in [9.17, 15) is 24.3 Å². The van der Waals surface area contributed by atoms with Crippen LogP contribution >= 0.6 is 7.37 Å². The predicted octanol–water partition coefficient (Wildman–Crippen LogP) is 6.68. The molecule has 0 bridgehead atoms. The van der Waals surface area contributed by atoms with Gasteiger partial charge in [-0.3, -0.25) is 24.4 Å². The fraction of sp³-hybridized carbons (Fsp3) is 0.371. The topological polar surface area (TPSA) is 125 Å². The number of β-lactam (4-membered cyclic amide) rings is 1. The number of hydrogen-bond donors (Lipinski definition) is 0. The first-order valence-electron chi connectivity index (χ1n) is 15.6. The van der Waals surface area contributed by atoms with Gasteiger partial charge in [-0.1, -0.05) is 64.1 Å². The number of amides is 1. The van der Waals surface area contributed by atoms with E-state index in [0.29, 0.717) is 16.2 Å². The molecule has 0 spiro atoms. The van der Waals surface area contributed by atoms with Crippen molar-refractivity contribution in [1.29, 1.82) is 0 Å². The summed E-state index contributed by atoms with van der Waals surface area (Å²) < 4.78 is 33.9. The summed E-state index contributed by atoms with van der Waals surface area (Å²) in [6.07, 6.45) is -0.432. The highest BCUT2D eigenvalue weighted by Gasteiger charge is 2.62. The fourth-order valence-electron chi connectivity index (χ4n) is 5.91. The second kappa shape index (κ2) is 12.9. The number of nitro benzene ring substituents is 1. The first kappa shape index (κ1) is 34.3. The number of carbonyl (C=O) groups excluding carboxylic acids is 2. The third kappa shape index (κ3) is 6.44. The Bertz CT molecular complexity index is 1700. The summed E-state index contributed by atoms with van der Waals surface area (Å²) in [4.78, 5) is 39.8. The molecule has 2 aliphatic heterocycles. The van der Waals surface area contributed by atoms with E-state index < -0.39 is 50.6 Å². The molecule has 3 aromatic carbocycles. The summed E-state index contributed by atoms with van der Waals surface area (Å²) >= 11 is 0. The molecular weight excluding hydrogens is 635 g/mol. The number of hydrogen-bond acceptors (Lipinski definition) is 8. The highest BCUT2D eigenvalue weighted by atomic mass is 31.2. The summed E-state index contributed by atoms with van der Waals surface area (Å²) in [5.74, 6) is -2.04. The maximum Gasteiger partial charge on any atom is 0.358 e. The highest BCUT2D eigenvalue weighted by Crippen LogP contribution is 2.55. The second-order valence-corrected chi connectivity index (χ2v) is 20.7. The third-order valence-corrected chi connectivity index (χ3v) is 16.5. The number of esters is 1. The summed E-state index contributed by atoms with van der Waals surface area (Å²) in [5, 5.41) is 11.9. The number of ether oxygens (including phenoxy) is 1. The molecule has 10 nitrogen and oxygen atoms in total. The van der Waals surface area contributed by atoms with E-state index in [1.165, 1.54) is 29.2 Å². The SMILES string of the molecule is CC(O[Si](C)(C)C(C)(C)C)[C@H]1C(=O)N2C(C(=O)OCc3ccc([N+](=O)[O-])cc3)=C(OP(=O)(c3ccccc3)c3ccccc3)[C@H](C)[C@H]12. The fourth-order valence-corrected chi connectivity index (χ4v) is 9.50. The average Bonchev–Trinajstić information content (AvgIpc) is 3.27. The number of carbonyl (C=O) groups is 2. The lowest BCUT2D eigenvalue weighted by molar-refractivity contribution is -0.384. The monoisotopic (exact) mass is 676 g/mol. The van der Waals surface area contributed by atoms with E-state index in [4.69, 9.17) is 13.7 Å². The Hall–Kier alpha value is -4.05. The van der Waals surface area contributed by atoms with E-state index in [2.05, 4.69) is 33.9 Å². The first-order valence-corrected chi connectivity index (χ1v) is 20.2. The number of nitrogens with zero attached hydrogens (tertiary/aromatic N) is 2. The Morgan fingerprint density at radius 1 is 0.979 bits per heavy atom. The van der Waals surface area contributed by atoms with Crippen LogP contribution in [0.25, 0.3) is 0 Å². The normalized spacial score (nSPS) is 20.4. The minimum atomic E-state index is -3.82. The van der Waals surface area contributed by atoms with Gasteiger partial charge in [0.15, 0.2) is 14.0 Å². The largest absolute Gasteiger partial charge is 0.456 e. The Labute approximate surface area is 276 Å². The van der Waals surface area contributed by atoms with Crippen LogP contribution in [0.15, 0.2) is 96.4 Å². The van der Waals surface area contributed by atoms with Gasteiger partial charge in [0.2, 0.25) is 5.91 Å². The number of nitro groups is 1. The predicted molar refractivity (Wildman–Crippen MR) is 182 cm³/mol. The standard InChI is InChI=1S/C35H41N2O8PSi/c1-23-30-29(24(2)45-47(6,7)35(3,4)5)33(38)36(30)31(34(39)43-22-25-18-20-26(21-19-25)37(40)41)32(23)44-46(42,27-14-10-8-11-15-27)28-16-12-9-13-17-28/h8-21,23-24,29-30H,22H2,1-7H3/t23-,24?,29-,30-/m1/s1. The molecule has 47 heavy (non-hydrogen) atoms. The Balaban J connectivity index is 1.52. The molecule has 0 aliphatic carbocycles. The Morgan fingerprint density at radius 2 is 1.51 bits per heavy atom. The highest BCUT2D eigenvalue weighted by molar-refractivity contribution is 7.74. The van der Waals surface area contributed by atoms with Crippen molar-refractivity contribution in [3.05, 3.63) is 112 Å². The molecule has 248 valence electrons. The van der Waals surface area contributed by atoms with Crippen molar-refractivity contribution >= 4 is 43.9 Å². The molecular formula is C35H41N2O8PSi. The number of fused-ring (bicyclic) bond motifs is 1. The summed E-state index contributed by atoms with van der Waals surface area (Å²) in [6.45, 7) is 14.2. The van der Waals surface area contributed by atoms with Gasteiger partial charge < -0.3 is 13.7 Å². The van der Waals surface area contributed by atoms with Crippen molar-refractivity contribution in [2.45, 2.75) is 71.5 Å². The van der Waals surface area contributed by atoms with Crippen LogP contribution in [0.4, 0.5) is 5.69 Å². The minimum Gasteiger partial charge on any atom is -0.456 e. The van der Waals surface area contributed by atoms with Gasteiger partial charge in [-0.25, -0.2) is 4.79 Å². The minimum absolute atomic E-state index is 0.0770. The van der Waals surface area contributed by atoms with Gasteiger partial charge in [0.05, 0.1) is 33.6 Å². The molecule has 1 fully saturated rings. The molecule has 2 heterocycles. The Morgan fingerprint density at radius 3 is 2.00 bits per heavy atom. The summed E-state index contributed by atoms with van der Waals surface area (Å²) in [6, 6.07) is 22.8. The number of benzene rings is 3. The van der Waals surface area contributed by atoms with Crippen LogP contribution in [0.1, 0.15) is 40.2 Å². The van der Waals surface area contributed by atoms with Crippen molar-refractivity contribution in [3.8, 4) is 0 Å². The summed E-state index contributed by atoms with van der Waals surface area (Å²) in [7, 11) is -6.06. The zero-order valence-electron chi connectivity index (χ0n) is 27.7. The van der Waals surface area contributed by atoms with Crippen LogP contribution < -0.4 is 10.6 Å². The first-order chi connectivity index (χ1) is 22.1. The molecule has 0 radical (unpaired) electrons. The van der Waals surface area contributed by atoms with Gasteiger partial charge in [-0.2, -0.15) is 0 Å². The van der Waals surface area contributed by atoms with Gasteiger partial charge in [0.1, 0.15) is 12.4 Å². The zero-order valence-corrected chi connectivity index (χ0v) is 29.6. The molecule has 12 heteroatoms. The van der Waals surface area contributed by atoms with Crippen molar-refractivity contribution < 1.29 is 32.8 Å². The molecule has 4 atom stereocenters. The van der Waals surface area contributed by atoms with Crippen LogP contribution in [0, 0.1) is 22.0 Å². The van der Waals surface area contributed by atoms with Gasteiger partial charge in [0, 0.05) is 18.1 Å². The van der Waals surface area contributed by atoms with E-state index in [1.54, 1.807) is 48.5 Å². The molecule has 0 aromatic heterocycles. The van der Waals surface area contributed by atoms with Gasteiger partial charge in [-0.05, 0) is 67.0 Å². The third-order valence-electron chi connectivity index (χ3n) is 9.51. The lowest BCUT2D eigenvalue weighted by atomic mass is 9.79. The molecule has 2 aliphatic rings. The Kier molecular flexibility index (Phi) is 9.38. The van der Waals surface area contributed by atoms with E-state index in [1.807, 2.05) is 26.0 Å². The maximum absolute atomic E-state index is 15.0. The van der Waals surface area contributed by atoms with Gasteiger partial charge in [0.25, 0.3) is 5.69 Å². The average molecular weight is 677 g/mol. The van der Waals surface area contributed by atoms with Gasteiger partial charge >= 0.3 is 13.3 Å². The van der Waals surface area contributed by atoms with Crippen molar-refractivity contribution in [2.75, 3.05) is 0 Å². The van der Waals surface area contributed by atoms with Crippen LogP contribution in [-0.4, -0.2) is 42.2 Å². The number of non-ortho nitro benzene ring substituents is 1. The van der Waals surface area contributed by atoms with Crippen molar-refractivity contribution in [1.82, 2.24) is 4.90 Å². The summed E-state index contributed by atoms with van der Waals surface area (Å²) in [5.41, 5.74) is 0.352. The van der Waals surface area contributed by atoms with Crippen molar-refractivity contribution in [2.24, 2.45) is 11.8 Å². The smallest absolute Gasteiger partial charge is 0.358 e. The molecule has 0 N–H and O–H groups in total. The van der Waals surface area contributed by atoms with E-state index in [0.717, 1.165) is 0 Å². The van der Waals surface area contributed by atoms with Crippen LogP contribution in [0.3, 0.4) is 0 Å². The second-order valence-electron chi connectivity index (χ2n) is 13.6. The van der Waals surface area contributed by atoms with Gasteiger partial charge in [-0.15, -0.1) is 0 Å². The van der Waals surface area contributed by atoms with Crippen LogP contribution in [0.2, 0.25) is 18.1 Å². The molecule has 0 saturated carbocycles. The number of rotatable bonds is 11. The quantitative estimate of drug-likeness (QED) is 0.0550. The molecule has 3 aromatic rings. The maximum atomic E-state index is 15.0. The van der Waals surface area contributed by atoms with E-state index >= 15 is 0 Å². The van der Waals surface area contributed by atoms with Crippen LogP contribution in [0.5, 0.6) is 0 Å². The molecule has 1 unspecified atom stereocenters. The molecule has 5 rings (SSSR count). The lowest BCUT2D eigenvalue weighted by Crippen LogP contribution is -2.65. The van der Waals surface area contributed by atoms with Crippen molar-refractivity contribution in [3.63, 3.8) is 0 Å². The molecule has 1 amide bonds. The van der Waals surface area contributed by atoms with E-state index in [-0.39, 0.29) is 34.7 Å². The van der Waals surface area contributed by atoms with Crippen LogP contribution in [-0.2, 0) is 34.4 Å².